The highest BCUT2D eigenvalue weighted by Crippen LogP contribution is 2.30. The van der Waals surface area contributed by atoms with Gasteiger partial charge in [-0.25, -0.2) is 4.98 Å². The highest BCUT2D eigenvalue weighted by Gasteiger charge is 2.13. The van der Waals surface area contributed by atoms with Gasteiger partial charge >= 0.3 is 0 Å². The zero-order valence-corrected chi connectivity index (χ0v) is 11.6. The minimum atomic E-state index is -0.114. The average molecular weight is 285 g/mol. The molecule has 3 aromatic heterocycles. The Hall–Kier alpha value is -3.14. The van der Waals surface area contributed by atoms with E-state index in [2.05, 4.69) is 27.6 Å². The third-order valence-corrected chi connectivity index (χ3v) is 4.16. The van der Waals surface area contributed by atoms with Gasteiger partial charge in [0.15, 0.2) is 0 Å². The van der Waals surface area contributed by atoms with Crippen LogP contribution < -0.4 is 5.56 Å². The minimum Gasteiger partial charge on any atom is -0.328 e. The number of pyridine rings is 2. The Balaban J connectivity index is 2.26. The zero-order chi connectivity index (χ0) is 14.7. The van der Waals surface area contributed by atoms with Gasteiger partial charge in [0.1, 0.15) is 5.65 Å². The molecule has 0 atom stereocenters. The van der Waals surface area contributed by atoms with Gasteiger partial charge in [-0.1, -0.05) is 30.3 Å². The molecule has 5 rings (SSSR count). The molecule has 5 aromatic rings. The van der Waals surface area contributed by atoms with Crippen LogP contribution in [0.3, 0.4) is 0 Å². The lowest BCUT2D eigenvalue weighted by atomic mass is 10.1. The van der Waals surface area contributed by atoms with Crippen molar-refractivity contribution in [2.24, 2.45) is 0 Å². The van der Waals surface area contributed by atoms with E-state index in [1.807, 2.05) is 30.3 Å². The predicted molar refractivity (Wildman–Crippen MR) is 88.3 cm³/mol. The van der Waals surface area contributed by atoms with Gasteiger partial charge < -0.3 is 4.98 Å². The van der Waals surface area contributed by atoms with Crippen LogP contribution in [0.4, 0.5) is 0 Å². The molecule has 0 aliphatic rings. The van der Waals surface area contributed by atoms with Crippen LogP contribution in [0.1, 0.15) is 0 Å². The SMILES string of the molecule is O=c1cc2c(c[nH]1)c1ccccc1n1c3ccccc3nc21. The van der Waals surface area contributed by atoms with Gasteiger partial charge in [-0.3, -0.25) is 9.20 Å². The Kier molecular flexibility index (Phi) is 2.07. The first-order valence-electron chi connectivity index (χ1n) is 7.13. The highest BCUT2D eigenvalue weighted by atomic mass is 16.1. The molecule has 22 heavy (non-hydrogen) atoms. The molecule has 0 radical (unpaired) electrons. The Bertz CT molecular complexity index is 1250. The van der Waals surface area contributed by atoms with Crippen LogP contribution in [0.2, 0.25) is 0 Å². The molecule has 0 fully saturated rings. The molecule has 0 amide bonds. The van der Waals surface area contributed by atoms with Crippen LogP contribution >= 0.6 is 0 Å². The van der Waals surface area contributed by atoms with Gasteiger partial charge in [-0.05, 0) is 18.2 Å². The number of para-hydroxylation sites is 3. The van der Waals surface area contributed by atoms with E-state index in [-0.39, 0.29) is 5.56 Å². The maximum atomic E-state index is 11.8. The third-order valence-electron chi connectivity index (χ3n) is 4.16. The summed E-state index contributed by atoms with van der Waals surface area (Å²) in [5.74, 6) is 0. The lowest BCUT2D eigenvalue weighted by molar-refractivity contribution is 1.26. The van der Waals surface area contributed by atoms with E-state index in [4.69, 9.17) is 4.98 Å². The number of fused-ring (bicyclic) bond motifs is 8. The first-order chi connectivity index (χ1) is 10.8. The van der Waals surface area contributed by atoms with Crippen molar-refractivity contribution in [2.45, 2.75) is 0 Å². The first-order valence-corrected chi connectivity index (χ1v) is 7.13. The van der Waals surface area contributed by atoms with Crippen molar-refractivity contribution in [2.75, 3.05) is 0 Å². The number of rotatable bonds is 0. The number of H-pyrrole nitrogens is 1. The summed E-state index contributed by atoms with van der Waals surface area (Å²) in [6.45, 7) is 0. The van der Waals surface area contributed by atoms with Crippen molar-refractivity contribution in [3.63, 3.8) is 0 Å². The molecular formula is C18H11N3O. The van der Waals surface area contributed by atoms with Crippen LogP contribution in [-0.4, -0.2) is 14.4 Å². The molecule has 104 valence electrons. The summed E-state index contributed by atoms with van der Waals surface area (Å²) in [6.07, 6.45) is 1.78. The lowest BCUT2D eigenvalue weighted by Crippen LogP contribution is -2.03. The van der Waals surface area contributed by atoms with Gasteiger partial charge in [-0.2, -0.15) is 0 Å². The molecule has 0 bridgehead atoms. The lowest BCUT2D eigenvalue weighted by Gasteiger charge is -2.08. The minimum absolute atomic E-state index is 0.114. The van der Waals surface area contributed by atoms with E-state index in [0.29, 0.717) is 0 Å². The van der Waals surface area contributed by atoms with Crippen LogP contribution in [0.5, 0.6) is 0 Å². The van der Waals surface area contributed by atoms with Crippen molar-refractivity contribution < 1.29 is 0 Å². The van der Waals surface area contributed by atoms with Crippen molar-refractivity contribution in [1.82, 2.24) is 14.4 Å². The van der Waals surface area contributed by atoms with Crippen LogP contribution in [0, 0.1) is 0 Å². The summed E-state index contributed by atoms with van der Waals surface area (Å²) < 4.78 is 2.13. The molecule has 0 aliphatic heterocycles. The maximum Gasteiger partial charge on any atom is 0.248 e. The molecule has 0 aliphatic carbocycles. The molecule has 1 N–H and O–H groups in total. The van der Waals surface area contributed by atoms with Gasteiger partial charge in [0.05, 0.1) is 16.6 Å². The summed E-state index contributed by atoms with van der Waals surface area (Å²) >= 11 is 0. The smallest absolute Gasteiger partial charge is 0.248 e. The van der Waals surface area contributed by atoms with E-state index < -0.39 is 0 Å². The summed E-state index contributed by atoms with van der Waals surface area (Å²) in [5.41, 5.74) is 3.78. The molecule has 0 spiro atoms. The van der Waals surface area contributed by atoms with Crippen LogP contribution in [-0.2, 0) is 0 Å². The van der Waals surface area contributed by atoms with E-state index in [0.717, 1.165) is 38.4 Å². The molecule has 4 heteroatoms. The number of hydrogen-bond acceptors (Lipinski definition) is 2. The van der Waals surface area contributed by atoms with Crippen LogP contribution in [0.15, 0.2) is 65.6 Å². The number of nitrogens with zero attached hydrogens (tertiary/aromatic N) is 2. The first kappa shape index (κ1) is 11.5. The van der Waals surface area contributed by atoms with Gasteiger partial charge in [0, 0.05) is 28.4 Å². The van der Waals surface area contributed by atoms with Gasteiger partial charge in [0.2, 0.25) is 5.56 Å². The summed E-state index contributed by atoms with van der Waals surface area (Å²) in [4.78, 5) is 19.3. The molecule has 0 saturated carbocycles. The quantitative estimate of drug-likeness (QED) is 0.443. The largest absolute Gasteiger partial charge is 0.328 e. The van der Waals surface area contributed by atoms with E-state index >= 15 is 0 Å². The Morgan fingerprint density at radius 3 is 2.55 bits per heavy atom. The van der Waals surface area contributed by atoms with Crippen molar-refractivity contribution in [3.8, 4) is 0 Å². The second kappa shape index (κ2) is 3.95. The fourth-order valence-corrected chi connectivity index (χ4v) is 3.23. The summed E-state index contributed by atoms with van der Waals surface area (Å²) in [5, 5.41) is 2.99. The number of aromatic nitrogens is 3. The topological polar surface area (TPSA) is 50.2 Å². The maximum absolute atomic E-state index is 11.8. The van der Waals surface area contributed by atoms with Crippen molar-refractivity contribution >= 4 is 38.4 Å². The molecule has 2 aromatic carbocycles. The van der Waals surface area contributed by atoms with Crippen molar-refractivity contribution in [3.05, 3.63) is 71.1 Å². The summed E-state index contributed by atoms with van der Waals surface area (Å²) in [7, 11) is 0. The Labute approximate surface area is 124 Å². The molecule has 0 saturated heterocycles. The highest BCUT2D eigenvalue weighted by molar-refractivity contribution is 6.13. The molecule has 3 heterocycles. The monoisotopic (exact) mass is 285 g/mol. The average Bonchev–Trinajstić information content (AvgIpc) is 2.95. The Morgan fingerprint density at radius 2 is 1.64 bits per heavy atom. The number of imidazole rings is 1. The van der Waals surface area contributed by atoms with E-state index in [1.54, 1.807) is 12.3 Å². The fourth-order valence-electron chi connectivity index (χ4n) is 3.23. The molecule has 4 nitrogen and oxygen atoms in total. The fraction of sp³-hybridized carbons (Fsp3) is 0. The molecular weight excluding hydrogens is 274 g/mol. The Morgan fingerprint density at radius 1 is 0.864 bits per heavy atom. The zero-order valence-electron chi connectivity index (χ0n) is 11.6. The summed E-state index contributed by atoms with van der Waals surface area (Å²) in [6, 6.07) is 17.9. The second-order valence-corrected chi connectivity index (χ2v) is 5.40. The van der Waals surface area contributed by atoms with Crippen molar-refractivity contribution in [1.29, 1.82) is 0 Å². The number of nitrogens with one attached hydrogen (secondary N) is 1. The van der Waals surface area contributed by atoms with Gasteiger partial charge in [0.25, 0.3) is 0 Å². The second-order valence-electron chi connectivity index (χ2n) is 5.40. The number of benzene rings is 2. The van der Waals surface area contributed by atoms with E-state index in [9.17, 15) is 4.79 Å². The number of hydrogen-bond donors (Lipinski definition) is 1. The predicted octanol–water partition coefficient (Wildman–Crippen LogP) is 3.48. The third kappa shape index (κ3) is 1.36. The standard InChI is InChI=1S/C18H11N3O/c22-17-9-12-13(10-19-17)11-5-1-3-7-15(11)21-16-8-4-2-6-14(16)20-18(12)21/h1-10H,(H,19,22). The normalized spacial score (nSPS) is 11.8. The van der Waals surface area contributed by atoms with Gasteiger partial charge in [-0.15, -0.1) is 0 Å². The van der Waals surface area contributed by atoms with Crippen LogP contribution in [0.25, 0.3) is 38.4 Å². The number of aromatic amines is 1. The van der Waals surface area contributed by atoms with E-state index in [1.165, 1.54) is 0 Å². The molecule has 0 unspecified atom stereocenters.